The summed E-state index contributed by atoms with van der Waals surface area (Å²) in [5, 5.41) is 8.82. The second kappa shape index (κ2) is 7.64. The summed E-state index contributed by atoms with van der Waals surface area (Å²) in [6, 6.07) is 8.51. The maximum absolute atomic E-state index is 14.0. The highest BCUT2D eigenvalue weighted by Crippen LogP contribution is 2.27. The Bertz CT molecular complexity index is 1030. The van der Waals surface area contributed by atoms with Crippen LogP contribution in [0.25, 0.3) is 11.4 Å². The van der Waals surface area contributed by atoms with E-state index in [1.165, 1.54) is 23.4 Å². The fraction of sp³-hybridized carbons (Fsp3) is 0.286. The average molecular weight is 383 g/mol. The van der Waals surface area contributed by atoms with E-state index >= 15 is 0 Å². The summed E-state index contributed by atoms with van der Waals surface area (Å²) >= 11 is 1.32. The van der Waals surface area contributed by atoms with Crippen molar-refractivity contribution in [3.05, 3.63) is 64.0 Å². The minimum Gasteiger partial charge on any atom is -0.305 e. The Kier molecular flexibility index (Phi) is 5.46. The number of rotatable bonds is 5. The summed E-state index contributed by atoms with van der Waals surface area (Å²) in [6.45, 7) is 8.06. The number of carbonyl (C=O) groups excluding carboxylic acids is 1. The van der Waals surface area contributed by atoms with E-state index in [4.69, 9.17) is 0 Å². The van der Waals surface area contributed by atoms with Gasteiger partial charge in [-0.3, -0.25) is 4.79 Å². The van der Waals surface area contributed by atoms with Gasteiger partial charge < -0.3 is 4.57 Å². The van der Waals surface area contributed by atoms with Crippen LogP contribution in [0.4, 0.5) is 4.39 Å². The predicted octanol–water partition coefficient (Wildman–Crippen LogP) is 4.83. The van der Waals surface area contributed by atoms with Crippen LogP contribution < -0.4 is 0 Å². The molecule has 0 unspecified atom stereocenters. The number of carbonyl (C=O) groups is 1. The molecule has 6 heteroatoms. The SMILES string of the molecule is Cc1cc(C)c(C(=O)CSc2nnc(-c3ccccc3F)n2C)c(C)c1C. The quantitative estimate of drug-likeness (QED) is 0.468. The molecule has 0 saturated carbocycles. The number of hydrogen-bond donors (Lipinski definition) is 0. The fourth-order valence-corrected chi connectivity index (χ4v) is 4.02. The van der Waals surface area contributed by atoms with Crippen LogP contribution in [0.2, 0.25) is 0 Å². The number of benzene rings is 2. The lowest BCUT2D eigenvalue weighted by Crippen LogP contribution is -2.10. The summed E-state index contributed by atoms with van der Waals surface area (Å²) in [4.78, 5) is 12.8. The molecule has 0 saturated heterocycles. The number of ketones is 1. The number of nitrogens with zero attached hydrogens (tertiary/aromatic N) is 3. The first-order valence-electron chi connectivity index (χ1n) is 8.69. The van der Waals surface area contributed by atoms with Gasteiger partial charge in [0.1, 0.15) is 5.82 Å². The molecule has 0 atom stereocenters. The molecule has 0 radical (unpaired) electrons. The van der Waals surface area contributed by atoms with Crippen molar-refractivity contribution in [3.8, 4) is 11.4 Å². The standard InChI is InChI=1S/C21H22FN3OS/c1-12-10-13(2)19(15(4)14(12)3)18(26)11-27-21-24-23-20(25(21)5)16-8-6-7-9-17(16)22/h6-10H,11H2,1-5H3. The summed E-state index contributed by atoms with van der Waals surface area (Å²) in [7, 11) is 1.78. The molecule has 0 amide bonds. The van der Waals surface area contributed by atoms with E-state index in [1.54, 1.807) is 29.8 Å². The van der Waals surface area contributed by atoms with Crippen LogP contribution >= 0.6 is 11.8 Å². The Morgan fingerprint density at radius 1 is 1.07 bits per heavy atom. The first-order valence-corrected chi connectivity index (χ1v) is 9.67. The lowest BCUT2D eigenvalue weighted by molar-refractivity contribution is 0.102. The van der Waals surface area contributed by atoms with Crippen LogP contribution in [-0.2, 0) is 7.05 Å². The van der Waals surface area contributed by atoms with Gasteiger partial charge in [-0.15, -0.1) is 10.2 Å². The lowest BCUT2D eigenvalue weighted by Gasteiger charge is -2.14. The van der Waals surface area contributed by atoms with Gasteiger partial charge in [-0.05, 0) is 62.1 Å². The molecule has 0 aliphatic carbocycles. The van der Waals surface area contributed by atoms with Crippen LogP contribution in [0, 0.1) is 33.5 Å². The smallest absolute Gasteiger partial charge is 0.191 e. The number of thioether (sulfide) groups is 1. The molecule has 2 aromatic carbocycles. The van der Waals surface area contributed by atoms with Gasteiger partial charge in [0.05, 0.1) is 11.3 Å². The molecule has 4 nitrogen and oxygen atoms in total. The molecule has 0 spiro atoms. The van der Waals surface area contributed by atoms with Crippen LogP contribution in [0.1, 0.15) is 32.6 Å². The van der Waals surface area contributed by atoms with Gasteiger partial charge in [0.15, 0.2) is 16.8 Å². The van der Waals surface area contributed by atoms with Gasteiger partial charge in [-0.25, -0.2) is 4.39 Å². The zero-order valence-electron chi connectivity index (χ0n) is 16.1. The third-order valence-corrected chi connectivity index (χ3v) is 5.94. The van der Waals surface area contributed by atoms with E-state index < -0.39 is 0 Å². The first-order chi connectivity index (χ1) is 12.8. The number of halogens is 1. The van der Waals surface area contributed by atoms with Crippen molar-refractivity contribution in [1.29, 1.82) is 0 Å². The number of hydrogen-bond acceptors (Lipinski definition) is 4. The Morgan fingerprint density at radius 3 is 2.48 bits per heavy atom. The highest BCUT2D eigenvalue weighted by Gasteiger charge is 2.19. The minimum absolute atomic E-state index is 0.0635. The molecule has 0 bridgehead atoms. The largest absolute Gasteiger partial charge is 0.305 e. The molecule has 3 aromatic rings. The maximum Gasteiger partial charge on any atom is 0.191 e. The molecule has 1 aromatic heterocycles. The summed E-state index contributed by atoms with van der Waals surface area (Å²) in [6.07, 6.45) is 0. The Balaban J connectivity index is 1.82. The first kappa shape index (κ1) is 19.3. The summed E-state index contributed by atoms with van der Waals surface area (Å²) < 4.78 is 15.7. The van der Waals surface area contributed by atoms with Crippen molar-refractivity contribution >= 4 is 17.5 Å². The zero-order valence-corrected chi connectivity index (χ0v) is 16.9. The topological polar surface area (TPSA) is 47.8 Å². The normalized spacial score (nSPS) is 11.0. The molecular formula is C21H22FN3OS. The lowest BCUT2D eigenvalue weighted by atomic mass is 9.92. The molecule has 3 rings (SSSR count). The van der Waals surface area contributed by atoms with Gasteiger partial charge in [0.2, 0.25) is 0 Å². The van der Waals surface area contributed by atoms with Crippen molar-refractivity contribution in [3.63, 3.8) is 0 Å². The number of aromatic nitrogens is 3. The predicted molar refractivity (Wildman–Crippen MR) is 107 cm³/mol. The molecule has 0 fully saturated rings. The van der Waals surface area contributed by atoms with Gasteiger partial charge in [-0.1, -0.05) is 30.0 Å². The highest BCUT2D eigenvalue weighted by molar-refractivity contribution is 7.99. The third kappa shape index (κ3) is 3.67. The molecule has 140 valence electrons. The van der Waals surface area contributed by atoms with Gasteiger partial charge in [0, 0.05) is 12.6 Å². The number of Topliss-reactive ketones (excluding diaryl/α,β-unsaturated/α-hetero) is 1. The van der Waals surface area contributed by atoms with Crippen LogP contribution in [0.3, 0.4) is 0 Å². The zero-order chi connectivity index (χ0) is 19.7. The highest BCUT2D eigenvalue weighted by atomic mass is 32.2. The number of aryl methyl sites for hydroxylation is 2. The molecule has 0 N–H and O–H groups in total. The Labute approximate surface area is 162 Å². The van der Waals surface area contributed by atoms with Crippen molar-refractivity contribution in [1.82, 2.24) is 14.8 Å². The van der Waals surface area contributed by atoms with Crippen molar-refractivity contribution < 1.29 is 9.18 Å². The van der Waals surface area contributed by atoms with Crippen LogP contribution in [0.15, 0.2) is 35.5 Å². The van der Waals surface area contributed by atoms with E-state index in [1.807, 2.05) is 20.8 Å². The van der Waals surface area contributed by atoms with E-state index in [0.29, 0.717) is 16.5 Å². The second-order valence-corrected chi connectivity index (χ2v) is 7.63. The monoisotopic (exact) mass is 383 g/mol. The van der Waals surface area contributed by atoms with Gasteiger partial charge in [-0.2, -0.15) is 0 Å². The summed E-state index contributed by atoms with van der Waals surface area (Å²) in [5.74, 6) is 0.421. The average Bonchev–Trinajstić information content (AvgIpc) is 2.99. The molecule has 0 aliphatic rings. The molecule has 27 heavy (non-hydrogen) atoms. The van der Waals surface area contributed by atoms with Crippen LogP contribution in [-0.4, -0.2) is 26.3 Å². The third-order valence-electron chi connectivity index (χ3n) is 4.92. The molecule has 1 heterocycles. The van der Waals surface area contributed by atoms with Crippen molar-refractivity contribution in [2.45, 2.75) is 32.9 Å². The van der Waals surface area contributed by atoms with Crippen molar-refractivity contribution in [2.24, 2.45) is 7.05 Å². The maximum atomic E-state index is 14.0. The van der Waals surface area contributed by atoms with E-state index in [-0.39, 0.29) is 17.4 Å². The second-order valence-electron chi connectivity index (χ2n) is 6.69. The van der Waals surface area contributed by atoms with E-state index in [9.17, 15) is 9.18 Å². The fourth-order valence-electron chi connectivity index (χ4n) is 3.23. The molecule has 0 aliphatic heterocycles. The van der Waals surface area contributed by atoms with Crippen LogP contribution in [0.5, 0.6) is 0 Å². The van der Waals surface area contributed by atoms with E-state index in [0.717, 1.165) is 22.3 Å². The van der Waals surface area contributed by atoms with Gasteiger partial charge in [0.25, 0.3) is 0 Å². The summed E-state index contributed by atoms with van der Waals surface area (Å²) in [5.41, 5.74) is 5.54. The Morgan fingerprint density at radius 2 is 1.78 bits per heavy atom. The molecular weight excluding hydrogens is 361 g/mol. The van der Waals surface area contributed by atoms with Crippen molar-refractivity contribution in [2.75, 3.05) is 5.75 Å². The van der Waals surface area contributed by atoms with Gasteiger partial charge >= 0.3 is 0 Å². The Hall–Kier alpha value is -2.47. The minimum atomic E-state index is -0.345. The van der Waals surface area contributed by atoms with E-state index in [2.05, 4.69) is 23.2 Å².